The van der Waals surface area contributed by atoms with Crippen LogP contribution in [0.25, 0.3) is 114 Å². The first-order chi connectivity index (χ1) is 28.8. The molecule has 2 N–H and O–H groups in total. The Morgan fingerprint density at radius 2 is 1.28 bits per heavy atom. The van der Waals surface area contributed by atoms with E-state index in [1.807, 2.05) is 29.0 Å². The minimum atomic E-state index is 0.686. The number of hydrogen-bond acceptors (Lipinski definition) is 8. The Labute approximate surface area is 352 Å². The first-order valence-electron chi connectivity index (χ1n) is 18.7. The van der Waals surface area contributed by atoms with E-state index in [1.54, 1.807) is 44.8 Å². The topological polar surface area (TPSA) is 70.5 Å². The second-order valence-corrected chi connectivity index (χ2v) is 18.9. The molecule has 0 spiro atoms. The number of aromatic nitrogens is 4. The highest BCUT2D eigenvalue weighted by molar-refractivity contribution is 8.81. The van der Waals surface area contributed by atoms with E-state index in [0.29, 0.717) is 5.76 Å². The van der Waals surface area contributed by atoms with Gasteiger partial charge in [0, 0.05) is 85.7 Å². The number of nitrogens with zero attached hydrogens (tertiary/aromatic N) is 2. The second kappa shape index (κ2) is 13.9. The third-order valence-electron chi connectivity index (χ3n) is 10.7. The smallest absolute Gasteiger partial charge is 0.154 e. The third kappa shape index (κ3) is 5.44. The lowest BCUT2D eigenvalue weighted by atomic mass is 9.83. The van der Waals surface area contributed by atoms with E-state index in [2.05, 4.69) is 147 Å². The van der Waals surface area contributed by atoms with Crippen molar-refractivity contribution in [3.05, 3.63) is 161 Å². The van der Waals surface area contributed by atoms with Gasteiger partial charge in [0.2, 0.25) is 0 Å². The molecule has 12 rings (SSSR count). The fourth-order valence-electron chi connectivity index (χ4n) is 8.27. The molecule has 0 radical (unpaired) electrons. The summed E-state index contributed by atoms with van der Waals surface area (Å²) in [6, 6.07) is 42.7. The molecule has 10 heteroatoms. The molecule has 1 aliphatic rings. The lowest BCUT2D eigenvalue weighted by Gasteiger charge is -2.26. The van der Waals surface area contributed by atoms with Gasteiger partial charge in [0.05, 0.1) is 11.0 Å². The zero-order chi connectivity index (χ0) is 38.2. The molecule has 7 aromatic heterocycles. The van der Waals surface area contributed by atoms with Gasteiger partial charge >= 0.3 is 0 Å². The molecule has 0 atom stereocenters. The summed E-state index contributed by atoms with van der Waals surface area (Å²) in [5.41, 5.74) is 12.9. The lowest BCUT2D eigenvalue weighted by Crippen LogP contribution is -2.03. The van der Waals surface area contributed by atoms with Gasteiger partial charge < -0.3 is 9.40 Å². The molecule has 0 fully saturated rings. The first-order valence-corrected chi connectivity index (χ1v) is 23.5. The van der Waals surface area contributed by atoms with Crippen molar-refractivity contribution < 1.29 is 4.42 Å². The summed E-state index contributed by atoms with van der Waals surface area (Å²) in [5.74, 6) is 0.686. The van der Waals surface area contributed by atoms with Crippen molar-refractivity contribution in [3.63, 3.8) is 0 Å². The fraction of sp³-hybridized carbons (Fsp3) is 0. The minimum absolute atomic E-state index is 0.686. The molecule has 5 nitrogen and oxygen atoms in total. The number of fused-ring (bicyclic) bond motifs is 4. The predicted molar refractivity (Wildman–Crippen MR) is 252 cm³/mol. The SMILES string of the molecule is C1=CSSC(c2c(-c3cccs3)c(-c3cccs3)c3nc(-c4cc5ccccc5o4)c(-c4n[nH]c5ccccc45)c(-c4cc5ccccc5[nH]4)c3c2-c2cccs2)=C1. The number of H-pyrrole nitrogens is 2. The number of thiophene rings is 3. The fourth-order valence-corrected chi connectivity index (χ4v) is 12.4. The number of rotatable bonds is 7. The zero-order valence-electron chi connectivity index (χ0n) is 30.4. The van der Waals surface area contributed by atoms with Gasteiger partial charge in [-0.05, 0) is 76.2 Å². The average molecular weight is 837 g/mol. The number of nitrogens with one attached hydrogen (secondary N) is 2. The van der Waals surface area contributed by atoms with Gasteiger partial charge in [-0.2, -0.15) is 5.10 Å². The number of benzene rings is 4. The molecule has 0 saturated heterocycles. The van der Waals surface area contributed by atoms with Gasteiger partial charge in [0.25, 0.3) is 0 Å². The summed E-state index contributed by atoms with van der Waals surface area (Å²) in [6.07, 6.45) is 4.44. The van der Waals surface area contributed by atoms with Gasteiger partial charge in [0.15, 0.2) is 5.76 Å². The monoisotopic (exact) mass is 836 g/mol. The average Bonchev–Trinajstić information content (AvgIpc) is 4.13. The first kappa shape index (κ1) is 34.2. The quantitative estimate of drug-likeness (QED) is 0.157. The van der Waals surface area contributed by atoms with E-state index >= 15 is 0 Å². The van der Waals surface area contributed by atoms with Gasteiger partial charge in [0.1, 0.15) is 17.0 Å². The highest BCUT2D eigenvalue weighted by Gasteiger charge is 2.34. The number of pyridine rings is 1. The summed E-state index contributed by atoms with van der Waals surface area (Å²) < 4.78 is 6.83. The summed E-state index contributed by atoms with van der Waals surface area (Å²) in [6.45, 7) is 0. The molecule has 0 saturated carbocycles. The van der Waals surface area contributed by atoms with Crippen molar-refractivity contribution in [2.45, 2.75) is 0 Å². The van der Waals surface area contributed by atoms with Gasteiger partial charge in [-0.1, -0.05) is 100 Å². The van der Waals surface area contributed by atoms with Crippen LogP contribution in [-0.4, -0.2) is 20.2 Å². The Balaban J connectivity index is 1.39. The maximum absolute atomic E-state index is 6.83. The molecule has 276 valence electrons. The summed E-state index contributed by atoms with van der Waals surface area (Å²) in [7, 11) is 3.56. The molecule has 1 aliphatic heterocycles. The van der Waals surface area contributed by atoms with Crippen LogP contribution in [0.15, 0.2) is 159 Å². The molecule has 0 unspecified atom stereocenters. The maximum Gasteiger partial charge on any atom is 0.154 e. The van der Waals surface area contributed by atoms with Crippen molar-refractivity contribution in [1.29, 1.82) is 0 Å². The van der Waals surface area contributed by atoms with Crippen LogP contribution in [0.2, 0.25) is 0 Å². The molecular weight excluding hydrogens is 809 g/mol. The Morgan fingerprint density at radius 1 is 0.569 bits per heavy atom. The van der Waals surface area contributed by atoms with E-state index in [9.17, 15) is 0 Å². The largest absolute Gasteiger partial charge is 0.454 e. The van der Waals surface area contributed by atoms with Crippen LogP contribution in [0.1, 0.15) is 5.56 Å². The van der Waals surface area contributed by atoms with Crippen molar-refractivity contribution in [2.75, 3.05) is 0 Å². The molecule has 8 heterocycles. The molecule has 11 aromatic rings. The Bertz CT molecular complexity index is 3340. The standard InChI is InChI=1S/C48H28N4OS5/c1-4-14-30-27(11-1)25-32(49-30)39-44-41(36-18-8-22-55-36)42(38-20-10-24-57-58-38)40(35-17-7-21-54-35)43(37-19-9-23-56-37)48(44)50-47(34-26-28-12-2-6-16-33(28)53-34)45(39)46-29-13-3-5-15-31(29)51-52-46/h1-26,49H,(H,51,52). The van der Waals surface area contributed by atoms with E-state index < -0.39 is 0 Å². The third-order valence-corrected chi connectivity index (χ3v) is 15.4. The maximum atomic E-state index is 6.83. The zero-order valence-corrected chi connectivity index (χ0v) is 34.4. The van der Waals surface area contributed by atoms with Crippen LogP contribution in [0.4, 0.5) is 0 Å². The van der Waals surface area contributed by atoms with E-state index in [4.69, 9.17) is 14.5 Å². The predicted octanol–water partition coefficient (Wildman–Crippen LogP) is 15.8. The molecule has 4 aromatic carbocycles. The summed E-state index contributed by atoms with van der Waals surface area (Å²) >= 11 is 5.28. The minimum Gasteiger partial charge on any atom is -0.454 e. The number of allylic oxidation sites excluding steroid dienone is 2. The number of para-hydroxylation sites is 3. The van der Waals surface area contributed by atoms with Crippen LogP contribution < -0.4 is 0 Å². The highest BCUT2D eigenvalue weighted by atomic mass is 33.1. The van der Waals surface area contributed by atoms with Crippen molar-refractivity contribution in [2.24, 2.45) is 0 Å². The normalized spacial score (nSPS) is 13.1. The van der Waals surface area contributed by atoms with Crippen LogP contribution in [-0.2, 0) is 0 Å². The van der Waals surface area contributed by atoms with Crippen molar-refractivity contribution >= 4 is 104 Å². The Morgan fingerprint density at radius 3 is 2.00 bits per heavy atom. The van der Waals surface area contributed by atoms with E-state index in [-0.39, 0.29) is 0 Å². The molecular formula is C48H28N4OS5. The van der Waals surface area contributed by atoms with Crippen LogP contribution in [0.3, 0.4) is 0 Å². The van der Waals surface area contributed by atoms with Gasteiger partial charge in [-0.25, -0.2) is 4.98 Å². The lowest BCUT2D eigenvalue weighted by molar-refractivity contribution is 0.629. The van der Waals surface area contributed by atoms with E-state index in [1.165, 1.54) is 25.8 Å². The summed E-state index contributed by atoms with van der Waals surface area (Å²) in [5, 5.41) is 21.4. The van der Waals surface area contributed by atoms with Gasteiger partial charge in [-0.15, -0.1) is 34.0 Å². The second-order valence-electron chi connectivity index (χ2n) is 13.9. The Hall–Kier alpha value is -5.88. The van der Waals surface area contributed by atoms with E-state index in [0.717, 1.165) is 87.9 Å². The molecule has 0 bridgehead atoms. The summed E-state index contributed by atoms with van der Waals surface area (Å²) in [4.78, 5) is 14.6. The Kier molecular flexibility index (Phi) is 8.19. The van der Waals surface area contributed by atoms with Crippen molar-refractivity contribution in [1.82, 2.24) is 20.2 Å². The van der Waals surface area contributed by atoms with Crippen LogP contribution in [0, 0.1) is 0 Å². The van der Waals surface area contributed by atoms with Crippen LogP contribution >= 0.6 is 55.6 Å². The molecule has 0 amide bonds. The number of furan rings is 1. The van der Waals surface area contributed by atoms with Crippen molar-refractivity contribution in [3.8, 4) is 65.3 Å². The van der Waals surface area contributed by atoms with Gasteiger partial charge in [-0.3, -0.25) is 5.10 Å². The highest BCUT2D eigenvalue weighted by Crippen LogP contribution is 2.58. The number of aromatic amines is 2. The molecule has 0 aliphatic carbocycles. The molecule has 58 heavy (non-hydrogen) atoms. The van der Waals surface area contributed by atoms with Crippen LogP contribution in [0.5, 0.6) is 0 Å². The number of hydrogen-bond donors (Lipinski definition) is 2.